The summed E-state index contributed by atoms with van der Waals surface area (Å²) in [7, 11) is 5.09. The zero-order valence-electron chi connectivity index (χ0n) is 16.7. The van der Waals surface area contributed by atoms with Crippen LogP contribution in [0.1, 0.15) is 11.1 Å². The maximum Gasteiger partial charge on any atom is 0.231 e. The van der Waals surface area contributed by atoms with E-state index in [4.69, 9.17) is 14.5 Å². The normalized spacial score (nSPS) is 12.8. The Morgan fingerprint density at radius 1 is 1.14 bits per heavy atom. The molecule has 150 valence electrons. The van der Waals surface area contributed by atoms with Gasteiger partial charge in [-0.2, -0.15) is 0 Å². The molecular formula is C22H23N3O3S. The summed E-state index contributed by atoms with van der Waals surface area (Å²) in [6.45, 7) is 0.770. The largest absolute Gasteiger partial charge is 0.493 e. The van der Waals surface area contributed by atoms with Crippen molar-refractivity contribution < 1.29 is 14.3 Å². The Balaban J connectivity index is 1.39. The number of carbonyl (C=O) groups is 1. The average molecular weight is 410 g/mol. The number of likely N-dealkylation sites (N-methyl/N-ethyl adjacent to an activating group) is 1. The van der Waals surface area contributed by atoms with E-state index >= 15 is 0 Å². The highest BCUT2D eigenvalue weighted by molar-refractivity contribution is 7.14. The van der Waals surface area contributed by atoms with Crippen molar-refractivity contribution in [2.45, 2.75) is 12.8 Å². The second-order valence-corrected chi connectivity index (χ2v) is 7.74. The molecular weight excluding hydrogens is 386 g/mol. The van der Waals surface area contributed by atoms with Gasteiger partial charge in [0.2, 0.25) is 5.91 Å². The van der Waals surface area contributed by atoms with Gasteiger partial charge in [-0.25, -0.2) is 4.98 Å². The van der Waals surface area contributed by atoms with Crippen molar-refractivity contribution in [3.8, 4) is 22.8 Å². The first-order chi connectivity index (χ1) is 14.1. The number of benzene rings is 2. The molecule has 29 heavy (non-hydrogen) atoms. The summed E-state index contributed by atoms with van der Waals surface area (Å²) < 4.78 is 10.6. The molecule has 3 aromatic rings. The molecule has 0 fully saturated rings. The molecule has 0 atom stereocenters. The molecule has 0 aliphatic carbocycles. The molecule has 4 rings (SSSR count). The minimum atomic E-state index is 0.132. The van der Waals surface area contributed by atoms with Gasteiger partial charge in [0.15, 0.2) is 16.6 Å². The summed E-state index contributed by atoms with van der Waals surface area (Å²) in [5, 5.41) is 6.31. The summed E-state index contributed by atoms with van der Waals surface area (Å²) in [4.78, 5) is 18.3. The fraction of sp³-hybridized carbons (Fsp3) is 0.273. The first kappa shape index (κ1) is 19.3. The molecule has 2 heterocycles. The number of nitrogens with zero attached hydrogens (tertiary/aromatic N) is 2. The highest BCUT2D eigenvalue weighted by Crippen LogP contribution is 2.33. The van der Waals surface area contributed by atoms with Crippen LogP contribution >= 0.6 is 11.3 Å². The van der Waals surface area contributed by atoms with Gasteiger partial charge in [-0.3, -0.25) is 4.79 Å². The topological polar surface area (TPSA) is 63.7 Å². The number of rotatable bonds is 7. The molecule has 0 spiro atoms. The molecule has 2 aromatic carbocycles. The van der Waals surface area contributed by atoms with E-state index in [2.05, 4.69) is 11.4 Å². The van der Waals surface area contributed by atoms with Crippen LogP contribution in [0.15, 0.2) is 41.8 Å². The lowest BCUT2D eigenvalue weighted by atomic mass is 10.1. The monoisotopic (exact) mass is 409 g/mol. The first-order valence-electron chi connectivity index (χ1n) is 9.39. The van der Waals surface area contributed by atoms with E-state index in [0.29, 0.717) is 6.42 Å². The van der Waals surface area contributed by atoms with E-state index in [1.54, 1.807) is 30.5 Å². The number of fused-ring (bicyclic) bond motifs is 1. The van der Waals surface area contributed by atoms with Gasteiger partial charge in [0.05, 0.1) is 26.3 Å². The molecule has 1 aliphatic heterocycles. The molecule has 0 bridgehead atoms. The Morgan fingerprint density at radius 2 is 1.97 bits per heavy atom. The Labute approximate surface area is 174 Å². The summed E-state index contributed by atoms with van der Waals surface area (Å²) in [6, 6.07) is 12.1. The Morgan fingerprint density at radius 3 is 2.76 bits per heavy atom. The molecule has 1 N–H and O–H groups in total. The van der Waals surface area contributed by atoms with E-state index in [-0.39, 0.29) is 5.91 Å². The van der Waals surface area contributed by atoms with Crippen molar-refractivity contribution in [1.82, 2.24) is 4.98 Å². The van der Waals surface area contributed by atoms with E-state index in [0.717, 1.165) is 52.1 Å². The number of carbonyl (C=O) groups excluding carboxylic acids is 1. The maximum absolute atomic E-state index is 11.9. The lowest BCUT2D eigenvalue weighted by Crippen LogP contribution is -2.20. The number of hydrogen-bond donors (Lipinski definition) is 1. The lowest BCUT2D eigenvalue weighted by molar-refractivity contribution is -0.117. The first-order valence-corrected chi connectivity index (χ1v) is 10.3. The van der Waals surface area contributed by atoms with Crippen LogP contribution in [0.5, 0.6) is 11.5 Å². The molecule has 1 aliphatic rings. The second-order valence-electron chi connectivity index (χ2n) is 6.88. The average Bonchev–Trinajstić information content (AvgIpc) is 3.32. The third kappa shape index (κ3) is 3.91. The van der Waals surface area contributed by atoms with Gasteiger partial charge < -0.3 is 19.7 Å². The number of ether oxygens (including phenoxy) is 2. The van der Waals surface area contributed by atoms with Crippen molar-refractivity contribution in [2.24, 2.45) is 0 Å². The van der Waals surface area contributed by atoms with Crippen LogP contribution < -0.4 is 19.7 Å². The van der Waals surface area contributed by atoms with Gasteiger partial charge in [0, 0.05) is 30.2 Å². The third-order valence-electron chi connectivity index (χ3n) is 5.09. The third-order valence-corrected chi connectivity index (χ3v) is 5.89. The van der Waals surface area contributed by atoms with Crippen LogP contribution in [0.4, 0.5) is 10.8 Å². The van der Waals surface area contributed by atoms with Crippen LogP contribution in [-0.4, -0.2) is 38.7 Å². The van der Waals surface area contributed by atoms with Gasteiger partial charge in [0.1, 0.15) is 0 Å². The fourth-order valence-electron chi connectivity index (χ4n) is 3.47. The van der Waals surface area contributed by atoms with E-state index in [9.17, 15) is 4.79 Å². The van der Waals surface area contributed by atoms with Crippen molar-refractivity contribution in [3.63, 3.8) is 0 Å². The number of amides is 1. The molecule has 1 amide bonds. The maximum atomic E-state index is 11.9. The Kier molecular flexibility index (Phi) is 5.40. The second kappa shape index (κ2) is 8.13. The molecule has 0 radical (unpaired) electrons. The number of hydrogen-bond acceptors (Lipinski definition) is 6. The van der Waals surface area contributed by atoms with Crippen molar-refractivity contribution >= 4 is 28.1 Å². The molecule has 7 heteroatoms. The van der Waals surface area contributed by atoms with E-state index in [1.807, 2.05) is 42.8 Å². The number of methoxy groups -OCH3 is 2. The summed E-state index contributed by atoms with van der Waals surface area (Å²) >= 11 is 1.58. The van der Waals surface area contributed by atoms with Crippen molar-refractivity contribution in [2.75, 3.05) is 38.0 Å². The predicted octanol–water partition coefficient (Wildman–Crippen LogP) is 4.00. The number of nitrogens with one attached hydrogen (secondary N) is 1. The smallest absolute Gasteiger partial charge is 0.231 e. The SMILES string of the molecule is COc1ccc(CCNc2nc(-c3ccc4c(c3)CC(=O)N4C)cs2)cc1OC. The minimum Gasteiger partial charge on any atom is -0.493 e. The van der Waals surface area contributed by atoms with Gasteiger partial charge >= 0.3 is 0 Å². The molecule has 0 unspecified atom stereocenters. The fourth-order valence-corrected chi connectivity index (χ4v) is 4.22. The van der Waals surface area contributed by atoms with Crippen LogP contribution in [-0.2, 0) is 17.6 Å². The van der Waals surface area contributed by atoms with Gasteiger partial charge in [-0.15, -0.1) is 11.3 Å². The summed E-state index contributed by atoms with van der Waals surface area (Å²) in [5.74, 6) is 1.60. The molecule has 6 nitrogen and oxygen atoms in total. The highest BCUT2D eigenvalue weighted by atomic mass is 32.1. The van der Waals surface area contributed by atoms with E-state index < -0.39 is 0 Å². The van der Waals surface area contributed by atoms with Gasteiger partial charge in [0.25, 0.3) is 0 Å². The molecule has 1 aromatic heterocycles. The Hall–Kier alpha value is -3.06. The summed E-state index contributed by atoms with van der Waals surface area (Å²) in [6.07, 6.45) is 1.31. The quantitative estimate of drug-likeness (QED) is 0.639. The number of anilines is 2. The van der Waals surface area contributed by atoms with Gasteiger partial charge in [-0.1, -0.05) is 12.1 Å². The predicted molar refractivity (Wildman–Crippen MR) is 116 cm³/mol. The van der Waals surface area contributed by atoms with Gasteiger partial charge in [-0.05, 0) is 41.8 Å². The van der Waals surface area contributed by atoms with Crippen LogP contribution in [0.25, 0.3) is 11.3 Å². The molecule has 0 saturated carbocycles. The van der Waals surface area contributed by atoms with Crippen molar-refractivity contribution in [1.29, 1.82) is 0 Å². The van der Waals surface area contributed by atoms with Crippen molar-refractivity contribution in [3.05, 3.63) is 52.9 Å². The highest BCUT2D eigenvalue weighted by Gasteiger charge is 2.24. The number of aromatic nitrogens is 1. The lowest BCUT2D eigenvalue weighted by Gasteiger charge is -2.10. The number of thiazole rings is 1. The Bertz CT molecular complexity index is 1050. The van der Waals surface area contributed by atoms with Crippen LogP contribution in [0.3, 0.4) is 0 Å². The zero-order valence-corrected chi connectivity index (χ0v) is 17.5. The van der Waals surface area contributed by atoms with Crippen LogP contribution in [0.2, 0.25) is 0 Å². The minimum absolute atomic E-state index is 0.132. The summed E-state index contributed by atoms with van der Waals surface area (Å²) in [5.41, 5.74) is 5.18. The van der Waals surface area contributed by atoms with E-state index in [1.165, 1.54) is 5.56 Å². The molecule has 0 saturated heterocycles. The van der Waals surface area contributed by atoms with Crippen LogP contribution in [0, 0.1) is 0 Å². The zero-order chi connectivity index (χ0) is 20.4. The standard InChI is InChI=1S/C22H23N3O3S/c1-25-18-6-5-15(11-16(18)12-21(25)26)17-13-29-22(24-17)23-9-8-14-4-7-19(27-2)20(10-14)28-3/h4-7,10-11,13H,8-9,12H2,1-3H3,(H,23,24).